The van der Waals surface area contributed by atoms with Crippen LogP contribution in [-0.4, -0.2) is 35.8 Å². The van der Waals surface area contributed by atoms with E-state index >= 15 is 0 Å². The topological polar surface area (TPSA) is 80.3 Å². The van der Waals surface area contributed by atoms with E-state index in [0.717, 1.165) is 38.5 Å². The SMILES string of the molecule is CCCCCCCCCCCCCCCCCC(=O)[O-].CCCCCCCCCCCCCCCCCC(=O)[O-].[CH2]CCC.[CH2]CCC.[Sn+2]. The Morgan fingerprint density at radius 3 is 0.592 bits per heavy atom. The molecule has 0 spiro atoms. The van der Waals surface area contributed by atoms with Gasteiger partial charge in [-0.3, -0.25) is 0 Å². The van der Waals surface area contributed by atoms with Crippen molar-refractivity contribution in [1.82, 2.24) is 0 Å². The smallest absolute Gasteiger partial charge is 0.550 e. The average molecular weight is 800 g/mol. The van der Waals surface area contributed by atoms with Crippen molar-refractivity contribution in [2.45, 2.75) is 259 Å². The minimum Gasteiger partial charge on any atom is -0.550 e. The summed E-state index contributed by atoms with van der Waals surface area (Å²) in [6, 6.07) is 0. The van der Waals surface area contributed by atoms with Crippen LogP contribution in [-0.2, 0) is 9.59 Å². The summed E-state index contributed by atoms with van der Waals surface area (Å²) in [7, 11) is 0. The maximum Gasteiger partial charge on any atom is 2.00 e. The van der Waals surface area contributed by atoms with Crippen molar-refractivity contribution in [2.75, 3.05) is 0 Å². The van der Waals surface area contributed by atoms with E-state index in [4.69, 9.17) is 0 Å². The Hall–Kier alpha value is -0.261. The molecule has 0 saturated carbocycles. The van der Waals surface area contributed by atoms with Crippen molar-refractivity contribution in [3.63, 3.8) is 0 Å². The first-order valence-electron chi connectivity index (χ1n) is 21.4. The van der Waals surface area contributed by atoms with Crippen LogP contribution in [0.15, 0.2) is 0 Å². The number of carbonyl (C=O) groups is 2. The second kappa shape index (κ2) is 59.9. The summed E-state index contributed by atoms with van der Waals surface area (Å²) in [6.07, 6.45) is 44.3. The molecule has 4 radical (unpaired) electrons. The van der Waals surface area contributed by atoms with Crippen molar-refractivity contribution >= 4 is 35.8 Å². The van der Waals surface area contributed by atoms with Gasteiger partial charge in [0.1, 0.15) is 0 Å². The van der Waals surface area contributed by atoms with Gasteiger partial charge in [-0.2, -0.15) is 0 Å². The van der Waals surface area contributed by atoms with Gasteiger partial charge in [0.15, 0.2) is 0 Å². The average Bonchev–Trinajstić information content (AvgIpc) is 3.08. The molecule has 0 aromatic rings. The largest absolute Gasteiger partial charge is 2.00 e. The van der Waals surface area contributed by atoms with Crippen LogP contribution >= 0.6 is 0 Å². The quantitative estimate of drug-likeness (QED) is 0.0480. The zero-order valence-corrected chi connectivity index (χ0v) is 36.9. The molecule has 0 amide bonds. The summed E-state index contributed by atoms with van der Waals surface area (Å²) in [5, 5.41) is 20.4. The van der Waals surface area contributed by atoms with Gasteiger partial charge in [-0.15, -0.1) is 0 Å². The fourth-order valence-corrected chi connectivity index (χ4v) is 5.28. The van der Waals surface area contributed by atoms with Crippen molar-refractivity contribution in [1.29, 1.82) is 0 Å². The standard InChI is InChI=1S/2C18H36O2.2C4H9.Sn/c2*1-2-3-4-5-6-7-8-9-10-11-12-13-14-15-16-17-18(19)20;2*1-3-4-2;/h2*2-17H2,1H3,(H,19,20);2*1,3-4H2,2H3;/q;;;;+2/p-2. The molecule has 0 saturated heterocycles. The molecule has 0 rings (SSSR count). The maximum atomic E-state index is 10.2. The number of carboxylic acids is 2. The molecule has 0 N–H and O–H groups in total. The molecule has 0 aliphatic rings. The molecular weight excluding hydrogens is 711 g/mol. The molecular formula is C44H88O4Sn. The van der Waals surface area contributed by atoms with E-state index in [-0.39, 0.29) is 36.7 Å². The number of rotatable bonds is 34. The Morgan fingerprint density at radius 2 is 0.469 bits per heavy atom. The first kappa shape index (κ1) is 58.1. The van der Waals surface area contributed by atoms with Gasteiger partial charge in [-0.05, 0) is 25.7 Å². The van der Waals surface area contributed by atoms with E-state index < -0.39 is 11.9 Å². The van der Waals surface area contributed by atoms with Crippen molar-refractivity contribution < 1.29 is 19.8 Å². The van der Waals surface area contributed by atoms with E-state index in [0.29, 0.717) is 0 Å². The normalized spacial score (nSPS) is 10.1. The van der Waals surface area contributed by atoms with E-state index in [2.05, 4.69) is 41.5 Å². The Kier molecular flexibility index (Phi) is 70.9. The second-order valence-electron chi connectivity index (χ2n) is 13.9. The molecule has 0 aromatic carbocycles. The second-order valence-corrected chi connectivity index (χ2v) is 13.9. The number of hydrogen-bond acceptors (Lipinski definition) is 4. The molecule has 49 heavy (non-hydrogen) atoms. The molecule has 0 fully saturated rings. The van der Waals surface area contributed by atoms with Crippen LogP contribution in [0.1, 0.15) is 259 Å². The van der Waals surface area contributed by atoms with Crippen LogP contribution < -0.4 is 10.2 Å². The minimum absolute atomic E-state index is 0. The van der Waals surface area contributed by atoms with E-state index in [9.17, 15) is 19.8 Å². The molecule has 292 valence electrons. The third-order valence-electron chi connectivity index (χ3n) is 8.68. The van der Waals surface area contributed by atoms with Gasteiger partial charge in [0.2, 0.25) is 0 Å². The first-order valence-corrected chi connectivity index (χ1v) is 21.4. The number of carboxylic acid groups (broad SMARTS) is 2. The van der Waals surface area contributed by atoms with Crippen LogP contribution in [0.3, 0.4) is 0 Å². The molecule has 0 unspecified atom stereocenters. The van der Waals surface area contributed by atoms with Crippen LogP contribution in [0.25, 0.3) is 0 Å². The van der Waals surface area contributed by atoms with Gasteiger partial charge >= 0.3 is 23.9 Å². The number of carbonyl (C=O) groups excluding carboxylic acids is 2. The van der Waals surface area contributed by atoms with Crippen molar-refractivity contribution in [3.8, 4) is 0 Å². The predicted octanol–water partition coefficient (Wildman–Crippen LogP) is 12.9. The van der Waals surface area contributed by atoms with E-state index in [1.165, 1.54) is 180 Å². The molecule has 0 aromatic heterocycles. The zero-order valence-electron chi connectivity index (χ0n) is 34.0. The molecule has 0 atom stereocenters. The van der Waals surface area contributed by atoms with Gasteiger partial charge in [0, 0.05) is 11.9 Å². The van der Waals surface area contributed by atoms with Gasteiger partial charge in [0.05, 0.1) is 0 Å². The van der Waals surface area contributed by atoms with Crippen molar-refractivity contribution in [3.05, 3.63) is 13.8 Å². The minimum atomic E-state index is -0.903. The summed E-state index contributed by atoms with van der Waals surface area (Å²) in [5.41, 5.74) is 0. The van der Waals surface area contributed by atoms with Gasteiger partial charge in [-0.25, -0.2) is 0 Å². The Bertz CT molecular complexity index is 503. The van der Waals surface area contributed by atoms with Crippen LogP contribution in [0, 0.1) is 13.8 Å². The maximum absolute atomic E-state index is 10.2. The van der Waals surface area contributed by atoms with Gasteiger partial charge in [-0.1, -0.05) is 247 Å². The van der Waals surface area contributed by atoms with Crippen LogP contribution in [0.2, 0.25) is 0 Å². The summed E-state index contributed by atoms with van der Waals surface area (Å²) in [4.78, 5) is 20.4. The van der Waals surface area contributed by atoms with E-state index in [1.807, 2.05) is 0 Å². The third kappa shape index (κ3) is 78.2. The molecule has 5 heteroatoms. The number of hydrogen-bond donors (Lipinski definition) is 0. The van der Waals surface area contributed by atoms with Gasteiger partial charge < -0.3 is 19.8 Å². The fourth-order valence-electron chi connectivity index (χ4n) is 5.28. The van der Waals surface area contributed by atoms with Gasteiger partial charge in [0.25, 0.3) is 0 Å². The number of unbranched alkanes of at least 4 members (excludes halogenated alkanes) is 30. The predicted molar refractivity (Wildman–Crippen MR) is 215 cm³/mol. The van der Waals surface area contributed by atoms with Crippen LogP contribution in [0.5, 0.6) is 0 Å². The van der Waals surface area contributed by atoms with Crippen molar-refractivity contribution in [2.24, 2.45) is 0 Å². The fraction of sp³-hybridized carbons (Fsp3) is 0.909. The zero-order chi connectivity index (χ0) is 36.6. The molecule has 0 aliphatic heterocycles. The summed E-state index contributed by atoms with van der Waals surface area (Å²) in [5.74, 6) is -1.81. The Morgan fingerprint density at radius 1 is 0.327 bits per heavy atom. The summed E-state index contributed by atoms with van der Waals surface area (Å²) < 4.78 is 0. The summed E-state index contributed by atoms with van der Waals surface area (Å²) >= 11 is 0. The molecule has 0 bridgehead atoms. The first-order chi connectivity index (χ1) is 23.4. The molecule has 0 aliphatic carbocycles. The summed E-state index contributed by atoms with van der Waals surface area (Å²) in [6.45, 7) is 16.0. The molecule has 4 nitrogen and oxygen atoms in total. The van der Waals surface area contributed by atoms with E-state index in [1.54, 1.807) is 0 Å². The van der Waals surface area contributed by atoms with Crippen LogP contribution in [0.4, 0.5) is 0 Å². The number of aliphatic carboxylic acids is 2. The third-order valence-corrected chi connectivity index (χ3v) is 8.68. The monoisotopic (exact) mass is 801 g/mol. The Labute approximate surface area is 326 Å². The molecule has 0 heterocycles. The Balaban J connectivity index is -0.000000212.